The van der Waals surface area contributed by atoms with Crippen molar-refractivity contribution < 1.29 is 59.9 Å². The van der Waals surface area contributed by atoms with E-state index >= 15 is 0 Å². The van der Waals surface area contributed by atoms with Gasteiger partial charge < -0.3 is 30.3 Å². The van der Waals surface area contributed by atoms with Gasteiger partial charge >= 0.3 is 29.6 Å². The van der Waals surface area contributed by atoms with Crippen molar-refractivity contribution in [1.82, 2.24) is 9.97 Å². The Labute approximate surface area is 255 Å². The number of benzene rings is 2. The third-order valence-corrected chi connectivity index (χ3v) is 4.82. The second kappa shape index (κ2) is 18.5. The number of aliphatic hydroxyl groups is 1. The van der Waals surface area contributed by atoms with Gasteiger partial charge in [0.05, 0.1) is 29.3 Å². The van der Waals surface area contributed by atoms with Gasteiger partial charge in [-0.2, -0.15) is 0 Å². The van der Waals surface area contributed by atoms with E-state index in [1.54, 1.807) is 31.2 Å². The molecule has 0 aliphatic rings. The summed E-state index contributed by atoms with van der Waals surface area (Å²) in [7, 11) is 0. The summed E-state index contributed by atoms with van der Waals surface area (Å²) in [5.74, 6) is 1.07. The van der Waals surface area contributed by atoms with Gasteiger partial charge in [-0.3, -0.25) is 0 Å². The van der Waals surface area contributed by atoms with Crippen molar-refractivity contribution in [2.24, 2.45) is 0 Å². The van der Waals surface area contributed by atoms with Gasteiger partial charge in [-0.1, -0.05) is 30.6 Å². The molecule has 0 aliphatic carbocycles. The molecule has 2 aromatic carbocycles. The maximum absolute atomic E-state index is 9.68. The maximum Gasteiger partial charge on any atom is 1.00 e. The number of aromatic hydroxyl groups is 2. The predicted octanol–water partition coefficient (Wildman–Crippen LogP) is 4.43. The zero-order chi connectivity index (χ0) is 25.8. The van der Waals surface area contributed by atoms with E-state index in [0.29, 0.717) is 57.6 Å². The quantitative estimate of drug-likeness (QED) is 0.225. The number of oxazole rings is 2. The molecular weight excluding hydrogens is 554 g/mol. The van der Waals surface area contributed by atoms with Crippen molar-refractivity contribution >= 4 is 34.8 Å². The Morgan fingerprint density at radius 1 is 0.865 bits per heavy atom. The zero-order valence-electron chi connectivity index (χ0n) is 21.0. The fraction of sp³-hybridized carbons (Fsp3) is 0.280. The predicted molar refractivity (Wildman–Crippen MR) is 143 cm³/mol. The smallest absolute Gasteiger partial charge is 1.00 e. The topological polar surface area (TPSA) is 122 Å². The second-order valence-corrected chi connectivity index (χ2v) is 7.84. The first-order valence-electron chi connectivity index (χ1n) is 10.4. The van der Waals surface area contributed by atoms with Gasteiger partial charge in [0.1, 0.15) is 29.7 Å². The van der Waals surface area contributed by atoms with Crippen LogP contribution in [-0.4, -0.2) is 38.5 Å². The van der Waals surface area contributed by atoms with E-state index in [-0.39, 0.29) is 62.4 Å². The van der Waals surface area contributed by atoms with Crippen LogP contribution in [0.1, 0.15) is 34.1 Å². The van der Waals surface area contributed by atoms with Crippen LogP contribution >= 0.6 is 34.8 Å². The second-order valence-electron chi connectivity index (χ2n) is 6.70. The Morgan fingerprint density at radius 2 is 1.30 bits per heavy atom. The van der Waals surface area contributed by atoms with Crippen molar-refractivity contribution in [2.45, 2.75) is 33.8 Å². The maximum atomic E-state index is 9.68. The van der Waals surface area contributed by atoms with Crippen LogP contribution in [0.2, 0.25) is 10.0 Å². The number of phenolic OH excluding ortho intramolecular Hbond substituents is 2. The molecule has 0 atom stereocenters. The molecule has 12 heteroatoms. The van der Waals surface area contributed by atoms with Crippen LogP contribution < -0.4 is 29.6 Å². The van der Waals surface area contributed by atoms with Gasteiger partial charge in [-0.15, -0.1) is 11.6 Å². The van der Waals surface area contributed by atoms with E-state index in [2.05, 4.69) is 9.97 Å². The first-order chi connectivity index (χ1) is 16.8. The molecule has 0 spiro atoms. The van der Waals surface area contributed by atoms with Gasteiger partial charge in [0.25, 0.3) is 0 Å². The largest absolute Gasteiger partial charge is 1.00 e. The molecule has 0 amide bonds. The van der Waals surface area contributed by atoms with E-state index in [1.165, 1.54) is 24.7 Å². The van der Waals surface area contributed by atoms with Gasteiger partial charge in [-0.25, -0.2) is 9.97 Å². The molecule has 0 bridgehead atoms. The van der Waals surface area contributed by atoms with Gasteiger partial charge in [-0.05, 0) is 50.2 Å². The number of hydrogen-bond acceptors (Lipinski definition) is 8. The molecule has 4 aromatic rings. The molecule has 0 saturated carbocycles. The number of hydrogen-bond donors (Lipinski definition) is 3. The van der Waals surface area contributed by atoms with Crippen LogP contribution in [0.4, 0.5) is 0 Å². The Kier molecular flexibility index (Phi) is 17.6. The molecule has 2 heterocycles. The Balaban J connectivity index is 0. The van der Waals surface area contributed by atoms with Crippen LogP contribution in [0.25, 0.3) is 22.9 Å². The van der Waals surface area contributed by atoms with Crippen LogP contribution in [0.15, 0.2) is 57.8 Å². The molecule has 8 nitrogen and oxygen atoms in total. The molecule has 0 saturated heterocycles. The monoisotopic (exact) mass is 582 g/mol. The minimum Gasteiger partial charge on any atom is -1.00 e. The van der Waals surface area contributed by atoms with Crippen LogP contribution in [0, 0.1) is 0 Å². The summed E-state index contributed by atoms with van der Waals surface area (Å²) in [6, 6.07) is 9.37. The average molecular weight is 584 g/mol. The number of nitrogens with zero attached hydrogens (tertiary/aromatic N) is 2. The number of ether oxygens (including phenoxy) is 1. The Hall–Kier alpha value is -1.75. The summed E-state index contributed by atoms with van der Waals surface area (Å²) in [6.07, 6.45) is 2.95. The van der Waals surface area contributed by atoms with E-state index in [1.807, 2.05) is 6.92 Å². The zero-order valence-corrected chi connectivity index (χ0v) is 24.3. The van der Waals surface area contributed by atoms with E-state index in [9.17, 15) is 10.2 Å². The van der Waals surface area contributed by atoms with Gasteiger partial charge in [0.2, 0.25) is 11.8 Å². The molecule has 198 valence electrons. The number of halogens is 3. The number of phenols is 2. The summed E-state index contributed by atoms with van der Waals surface area (Å²) < 4.78 is 15.6. The molecule has 0 unspecified atom stereocenters. The number of rotatable bonds is 6. The van der Waals surface area contributed by atoms with Crippen LogP contribution in [-0.2, 0) is 17.2 Å². The van der Waals surface area contributed by atoms with Crippen molar-refractivity contribution in [3.63, 3.8) is 0 Å². The number of alkyl halides is 1. The first kappa shape index (κ1) is 35.2. The van der Waals surface area contributed by atoms with Crippen LogP contribution in [0.3, 0.4) is 0 Å². The molecular formula is C25H30Cl3N2NaO6. The molecule has 2 aromatic heterocycles. The van der Waals surface area contributed by atoms with E-state index in [0.717, 1.165) is 0 Å². The molecule has 0 radical (unpaired) electrons. The first-order valence-corrected chi connectivity index (χ1v) is 11.7. The summed E-state index contributed by atoms with van der Waals surface area (Å²) in [5.41, 5.74) is 2.23. The Morgan fingerprint density at radius 3 is 1.70 bits per heavy atom. The minimum absolute atomic E-state index is 0. The van der Waals surface area contributed by atoms with Crippen molar-refractivity contribution in [1.29, 1.82) is 0 Å². The summed E-state index contributed by atoms with van der Waals surface area (Å²) in [5, 5.41) is 27.9. The number of aliphatic hydroxyl groups excluding tert-OH is 1. The van der Waals surface area contributed by atoms with E-state index in [4.69, 9.17) is 53.5 Å². The number of aromatic nitrogens is 2. The summed E-state index contributed by atoms with van der Waals surface area (Å²) >= 11 is 17.2. The van der Waals surface area contributed by atoms with Crippen molar-refractivity contribution in [2.75, 3.05) is 13.2 Å². The normalized spacial score (nSPS) is 9.68. The van der Waals surface area contributed by atoms with Gasteiger partial charge in [0.15, 0.2) is 0 Å². The fourth-order valence-electron chi connectivity index (χ4n) is 2.55. The molecule has 4 rings (SSSR count). The molecule has 0 fully saturated rings. The molecule has 3 N–H and O–H groups in total. The fourth-order valence-corrected chi connectivity index (χ4v) is 3.02. The molecule has 37 heavy (non-hydrogen) atoms. The van der Waals surface area contributed by atoms with Crippen molar-refractivity contribution in [3.8, 4) is 34.4 Å². The minimum atomic E-state index is 0. The SMILES string of the molecule is C.CCO.CCOCc1coc(-c2cc(Cl)ccc2O)n1.Oc1ccc(Cl)cc1-c1nc(CCl)co1.[H-].[Na+]. The van der Waals surface area contributed by atoms with Crippen LogP contribution in [0.5, 0.6) is 11.5 Å². The third-order valence-electron chi connectivity index (χ3n) is 4.07. The third kappa shape index (κ3) is 11.3. The average Bonchev–Trinajstić information content (AvgIpc) is 3.51. The van der Waals surface area contributed by atoms with Gasteiger partial charge in [0, 0.05) is 23.3 Å². The standard InChI is InChI=1S/C12H12ClNO3.C10H7Cl2NO2.C2H6O.CH4.Na.H/c1-2-16-6-9-7-17-12(14-9)10-5-8(13)3-4-11(10)15;11-4-7-5-15-10(13-7)8-3-6(12)1-2-9(8)14;1-2-3;;;/h3-5,7,15H,2,6H2,1H3;1-3,5,14H,4H2;3H,2H2,1H3;1H4;;/q;;;;+1;-1. The Bertz CT molecular complexity index is 1210. The summed E-state index contributed by atoms with van der Waals surface area (Å²) in [4.78, 5) is 8.29. The molecule has 0 aliphatic heterocycles. The summed E-state index contributed by atoms with van der Waals surface area (Å²) in [6.45, 7) is 4.84. The van der Waals surface area contributed by atoms with Crippen molar-refractivity contribution in [3.05, 3.63) is 70.4 Å². The van der Waals surface area contributed by atoms with E-state index < -0.39 is 0 Å².